The minimum Gasteiger partial charge on any atom is -0.493 e. The topological polar surface area (TPSA) is 62.3 Å². The molecule has 1 aromatic heterocycles. The molecule has 0 saturated heterocycles. The Morgan fingerprint density at radius 1 is 1.03 bits per heavy atom. The molecule has 0 saturated carbocycles. The normalized spacial score (nSPS) is 12.9. The van der Waals surface area contributed by atoms with E-state index in [9.17, 15) is 9.90 Å². The number of aromatic nitrogens is 1. The van der Waals surface area contributed by atoms with Crippen LogP contribution in [0.2, 0.25) is 0 Å². The molecule has 4 nitrogen and oxygen atoms in total. The van der Waals surface area contributed by atoms with E-state index in [1.807, 2.05) is 25.3 Å². The number of rotatable bonds is 6. The Bertz CT molecular complexity index is 1200. The summed E-state index contributed by atoms with van der Waals surface area (Å²) in [6.07, 6.45) is 4.22. The van der Waals surface area contributed by atoms with Gasteiger partial charge in [-0.3, -0.25) is 0 Å². The van der Waals surface area contributed by atoms with Gasteiger partial charge in [-0.2, -0.15) is 0 Å². The molecule has 0 radical (unpaired) electrons. The zero-order chi connectivity index (χ0) is 24.6. The lowest BCUT2D eigenvalue weighted by molar-refractivity contribution is -0.131. The summed E-state index contributed by atoms with van der Waals surface area (Å²) in [5, 5.41) is 10.2. The number of hydrogen-bond donors (Lipinski definition) is 2. The van der Waals surface area contributed by atoms with Gasteiger partial charge in [0.1, 0.15) is 5.75 Å². The van der Waals surface area contributed by atoms with Crippen LogP contribution in [0.3, 0.4) is 0 Å². The molecule has 4 heteroatoms. The predicted molar refractivity (Wildman–Crippen MR) is 138 cm³/mol. The summed E-state index contributed by atoms with van der Waals surface area (Å²) in [6, 6.07) is 10.6. The molecular formula is C29H37NO3. The minimum absolute atomic E-state index is 0.0177. The Kier molecular flexibility index (Phi) is 6.78. The summed E-state index contributed by atoms with van der Waals surface area (Å²) in [5.41, 5.74) is 7.12. The number of H-pyrrole nitrogens is 1. The second-order valence-electron chi connectivity index (χ2n) is 10.9. The van der Waals surface area contributed by atoms with Gasteiger partial charge in [0.05, 0.1) is 6.61 Å². The fourth-order valence-electron chi connectivity index (χ4n) is 4.04. The quantitative estimate of drug-likeness (QED) is 0.380. The van der Waals surface area contributed by atoms with Crippen LogP contribution in [0, 0.1) is 0 Å². The van der Waals surface area contributed by atoms with E-state index in [0.29, 0.717) is 6.61 Å². The highest BCUT2D eigenvalue weighted by Gasteiger charge is 2.27. The van der Waals surface area contributed by atoms with Gasteiger partial charge in [0.15, 0.2) is 0 Å². The Balaban J connectivity index is 2.35. The van der Waals surface area contributed by atoms with Crippen molar-refractivity contribution in [3.8, 4) is 16.9 Å². The minimum atomic E-state index is -0.940. The van der Waals surface area contributed by atoms with Crippen molar-refractivity contribution in [3.05, 3.63) is 59.3 Å². The molecule has 3 rings (SSSR count). The zero-order valence-corrected chi connectivity index (χ0v) is 21.2. The third kappa shape index (κ3) is 5.32. The lowest BCUT2D eigenvalue weighted by atomic mass is 9.78. The lowest BCUT2D eigenvalue weighted by Crippen LogP contribution is -2.18. The van der Waals surface area contributed by atoms with Gasteiger partial charge in [-0.1, -0.05) is 60.6 Å². The molecule has 33 heavy (non-hydrogen) atoms. The molecule has 3 aromatic rings. The van der Waals surface area contributed by atoms with Crippen LogP contribution in [0.4, 0.5) is 0 Å². The van der Waals surface area contributed by atoms with Crippen molar-refractivity contribution in [1.29, 1.82) is 0 Å². The van der Waals surface area contributed by atoms with Gasteiger partial charge in [-0.05, 0) is 59.1 Å². The average Bonchev–Trinajstić information content (AvgIpc) is 3.12. The largest absolute Gasteiger partial charge is 0.493 e. The lowest BCUT2D eigenvalue weighted by Gasteiger charge is -2.29. The van der Waals surface area contributed by atoms with Gasteiger partial charge >= 0.3 is 5.97 Å². The third-order valence-electron chi connectivity index (χ3n) is 5.98. The first kappa shape index (κ1) is 24.6. The summed E-state index contributed by atoms with van der Waals surface area (Å²) < 4.78 is 6.41. The number of allylic oxidation sites excluding steroid dienone is 1. The first-order valence-electron chi connectivity index (χ1n) is 11.7. The summed E-state index contributed by atoms with van der Waals surface area (Å²) in [4.78, 5) is 14.6. The maximum atomic E-state index is 11.2. The van der Waals surface area contributed by atoms with Crippen LogP contribution in [-0.2, 0) is 15.6 Å². The Labute approximate surface area is 197 Å². The first-order valence-corrected chi connectivity index (χ1v) is 11.7. The first-order chi connectivity index (χ1) is 15.3. The summed E-state index contributed by atoms with van der Waals surface area (Å²) in [7, 11) is 0. The van der Waals surface area contributed by atoms with E-state index in [1.54, 1.807) is 0 Å². The van der Waals surface area contributed by atoms with E-state index in [0.717, 1.165) is 45.3 Å². The van der Waals surface area contributed by atoms with Gasteiger partial charge in [-0.15, -0.1) is 0 Å². The molecule has 1 heterocycles. The van der Waals surface area contributed by atoms with Crippen LogP contribution in [0.5, 0.6) is 5.75 Å². The molecule has 0 fully saturated rings. The number of carbonyl (C=O) groups is 1. The van der Waals surface area contributed by atoms with Crippen LogP contribution in [0.1, 0.15) is 78.5 Å². The maximum Gasteiger partial charge on any atom is 0.328 e. The molecule has 0 aliphatic heterocycles. The number of hydrogen-bond acceptors (Lipinski definition) is 2. The number of aliphatic carboxylic acids is 1. The molecule has 0 amide bonds. The van der Waals surface area contributed by atoms with Crippen LogP contribution in [0.25, 0.3) is 27.6 Å². The molecule has 0 aliphatic carbocycles. The fraction of sp³-hybridized carbons (Fsp3) is 0.414. The van der Waals surface area contributed by atoms with Crippen molar-refractivity contribution in [2.45, 2.75) is 72.6 Å². The Hall–Kier alpha value is -3.01. The fourth-order valence-corrected chi connectivity index (χ4v) is 4.04. The second kappa shape index (κ2) is 9.09. The molecule has 176 valence electrons. The molecule has 0 spiro atoms. The number of fused-ring (bicyclic) bond motifs is 1. The molecule has 2 N–H and O–H groups in total. The molecule has 0 aliphatic rings. The van der Waals surface area contributed by atoms with Gasteiger partial charge in [0.2, 0.25) is 0 Å². The van der Waals surface area contributed by atoms with Crippen molar-refractivity contribution in [1.82, 2.24) is 4.98 Å². The summed E-state index contributed by atoms with van der Waals surface area (Å²) in [6.45, 7) is 18.0. The highest BCUT2D eigenvalue weighted by Crippen LogP contribution is 2.45. The van der Waals surface area contributed by atoms with Crippen LogP contribution in [-0.4, -0.2) is 22.7 Å². The number of carboxylic acids is 1. The van der Waals surface area contributed by atoms with E-state index in [4.69, 9.17) is 4.74 Å². The average molecular weight is 448 g/mol. The van der Waals surface area contributed by atoms with E-state index in [-0.39, 0.29) is 10.8 Å². The third-order valence-corrected chi connectivity index (χ3v) is 5.98. The number of benzene rings is 2. The van der Waals surface area contributed by atoms with E-state index < -0.39 is 5.97 Å². The second-order valence-corrected chi connectivity index (χ2v) is 10.9. The van der Waals surface area contributed by atoms with Gasteiger partial charge in [0.25, 0.3) is 0 Å². The molecule has 0 bridgehead atoms. The number of ether oxygens (including phenoxy) is 1. The maximum absolute atomic E-state index is 11.2. The Morgan fingerprint density at radius 2 is 1.73 bits per heavy atom. The van der Waals surface area contributed by atoms with Crippen LogP contribution >= 0.6 is 0 Å². The van der Waals surface area contributed by atoms with Gasteiger partial charge in [0, 0.05) is 39.9 Å². The smallest absolute Gasteiger partial charge is 0.328 e. The molecule has 0 unspecified atom stereocenters. The molecule has 0 atom stereocenters. The van der Waals surface area contributed by atoms with E-state index in [2.05, 4.69) is 71.6 Å². The van der Waals surface area contributed by atoms with E-state index >= 15 is 0 Å². The van der Waals surface area contributed by atoms with Gasteiger partial charge < -0.3 is 14.8 Å². The van der Waals surface area contributed by atoms with Crippen LogP contribution in [0.15, 0.2) is 42.6 Å². The number of carboxylic acid groups (broad SMARTS) is 1. The summed E-state index contributed by atoms with van der Waals surface area (Å²) in [5.74, 6) is -0.00806. The van der Waals surface area contributed by atoms with Gasteiger partial charge in [-0.25, -0.2) is 4.79 Å². The van der Waals surface area contributed by atoms with E-state index in [1.165, 1.54) is 17.2 Å². The summed E-state index contributed by atoms with van der Waals surface area (Å²) >= 11 is 0. The van der Waals surface area contributed by atoms with Crippen LogP contribution < -0.4 is 4.74 Å². The Morgan fingerprint density at radius 3 is 2.30 bits per heavy atom. The molecule has 2 aromatic carbocycles. The SMILES string of the molecule is CCCOc1c(-c2c[nH]c3ccc(/C(C)=C/C(=O)O)cc23)cc(C(C)(C)C)cc1C(C)(C)C. The highest BCUT2D eigenvalue weighted by molar-refractivity contribution is 6.00. The highest BCUT2D eigenvalue weighted by atomic mass is 16.5. The predicted octanol–water partition coefficient (Wildman–Crippen LogP) is 7.71. The van der Waals surface area contributed by atoms with Crippen molar-refractivity contribution in [2.75, 3.05) is 6.61 Å². The standard InChI is InChI=1S/C29H37NO3/c1-9-12-33-27-22(15-20(28(3,4)5)16-24(27)29(6,7)8)23-17-30-25-11-10-19(14-21(23)25)18(2)13-26(31)32/h10-11,13-17,30H,9,12H2,1-8H3,(H,31,32)/b18-13+. The number of nitrogens with one attached hydrogen (secondary N) is 1. The molecular weight excluding hydrogens is 410 g/mol. The van der Waals surface area contributed by atoms with Crippen molar-refractivity contribution >= 4 is 22.4 Å². The van der Waals surface area contributed by atoms with Crippen molar-refractivity contribution in [2.24, 2.45) is 0 Å². The number of aromatic amines is 1. The van der Waals surface area contributed by atoms with Crippen molar-refractivity contribution in [3.63, 3.8) is 0 Å². The van der Waals surface area contributed by atoms with Crippen molar-refractivity contribution < 1.29 is 14.6 Å². The monoisotopic (exact) mass is 447 g/mol. The zero-order valence-electron chi connectivity index (χ0n) is 21.2.